The number of nitrogens with two attached hydrogens (primary N) is 1. The highest BCUT2D eigenvalue weighted by Gasteiger charge is 2.32. The minimum absolute atomic E-state index is 0.0242. The quantitative estimate of drug-likeness (QED) is 0.575. The summed E-state index contributed by atoms with van der Waals surface area (Å²) in [6.07, 6.45) is -3.25. The van der Waals surface area contributed by atoms with Gasteiger partial charge in [-0.1, -0.05) is 11.6 Å². The van der Waals surface area contributed by atoms with Crippen molar-refractivity contribution in [2.45, 2.75) is 17.6 Å². The van der Waals surface area contributed by atoms with E-state index >= 15 is 0 Å². The Kier molecular flexibility index (Phi) is 6.06. The molecule has 6 nitrogen and oxygen atoms in total. The van der Waals surface area contributed by atoms with Crippen LogP contribution in [-0.2, 0) is 22.7 Å². The fourth-order valence-electron chi connectivity index (χ4n) is 2.54. The fraction of sp³-hybridized carbons (Fsp3) is 0.111. The van der Waals surface area contributed by atoms with E-state index < -0.39 is 34.2 Å². The number of anilines is 1. The van der Waals surface area contributed by atoms with Gasteiger partial charge in [0.15, 0.2) is 5.13 Å². The first-order chi connectivity index (χ1) is 14.0. The van der Waals surface area contributed by atoms with Crippen LogP contribution >= 0.6 is 22.9 Å². The van der Waals surface area contributed by atoms with Gasteiger partial charge >= 0.3 is 6.18 Å². The summed E-state index contributed by atoms with van der Waals surface area (Å²) in [7, 11) is -4.24. The molecule has 3 rings (SSSR count). The number of thiazole rings is 1. The predicted molar refractivity (Wildman–Crippen MR) is 107 cm³/mol. The van der Waals surface area contributed by atoms with E-state index in [9.17, 15) is 26.4 Å². The molecule has 0 atom stereocenters. The highest BCUT2D eigenvalue weighted by atomic mass is 35.5. The molecule has 0 aliphatic carbocycles. The number of halogens is 4. The second-order valence-corrected chi connectivity index (χ2v) is 9.16. The zero-order chi connectivity index (χ0) is 22.1. The number of nitrogens with zero attached hydrogens (tertiary/aromatic N) is 2. The Labute approximate surface area is 178 Å². The van der Waals surface area contributed by atoms with Crippen LogP contribution in [0.25, 0.3) is 0 Å². The summed E-state index contributed by atoms with van der Waals surface area (Å²) >= 11 is 7.04. The summed E-state index contributed by atoms with van der Waals surface area (Å²) in [6.45, 7) is -0.476. The van der Waals surface area contributed by atoms with Gasteiger partial charge in [-0.05, 0) is 48.0 Å². The number of rotatable bonds is 6. The van der Waals surface area contributed by atoms with Crippen LogP contribution < -0.4 is 10.0 Å². The smallest absolute Gasteiger partial charge is 0.366 e. The molecule has 158 valence electrons. The van der Waals surface area contributed by atoms with Crippen molar-refractivity contribution in [2.24, 2.45) is 5.73 Å². The second-order valence-electron chi connectivity index (χ2n) is 6.02. The normalized spacial score (nSPS) is 12.0. The average Bonchev–Trinajstić information content (AvgIpc) is 3.20. The summed E-state index contributed by atoms with van der Waals surface area (Å²) in [5.74, 6) is -0.730. The molecular formula is C18H13ClF3N3O3S2. The number of carbonyl (C=O) groups is 1. The van der Waals surface area contributed by atoms with Crippen LogP contribution in [0.3, 0.4) is 0 Å². The van der Waals surface area contributed by atoms with Crippen LogP contribution in [0, 0.1) is 0 Å². The number of sulfonamides is 1. The predicted octanol–water partition coefficient (Wildman–Crippen LogP) is 4.31. The molecule has 0 unspecified atom stereocenters. The van der Waals surface area contributed by atoms with Crippen molar-refractivity contribution in [3.05, 3.63) is 75.8 Å². The Hall–Kier alpha value is -2.63. The van der Waals surface area contributed by atoms with E-state index in [2.05, 4.69) is 4.98 Å². The van der Waals surface area contributed by atoms with E-state index in [1.165, 1.54) is 35.8 Å². The minimum Gasteiger partial charge on any atom is -0.366 e. The molecule has 2 N–H and O–H groups in total. The molecule has 2 aromatic carbocycles. The zero-order valence-corrected chi connectivity index (χ0v) is 17.3. The van der Waals surface area contributed by atoms with Crippen LogP contribution in [0.1, 0.15) is 21.5 Å². The molecule has 0 bridgehead atoms. The summed E-state index contributed by atoms with van der Waals surface area (Å²) in [5.41, 5.74) is 4.27. The largest absolute Gasteiger partial charge is 0.416 e. The zero-order valence-electron chi connectivity index (χ0n) is 14.9. The third kappa shape index (κ3) is 4.58. The van der Waals surface area contributed by atoms with Gasteiger partial charge in [0.1, 0.15) is 0 Å². The summed E-state index contributed by atoms with van der Waals surface area (Å²) in [5, 5.41) is 1.55. The molecule has 0 radical (unpaired) electrons. The van der Waals surface area contributed by atoms with E-state index in [-0.39, 0.29) is 26.2 Å². The second kappa shape index (κ2) is 8.25. The van der Waals surface area contributed by atoms with E-state index in [1.807, 2.05) is 0 Å². The average molecular weight is 476 g/mol. The number of benzene rings is 2. The van der Waals surface area contributed by atoms with Crippen LogP contribution in [-0.4, -0.2) is 19.3 Å². The Morgan fingerprint density at radius 3 is 2.37 bits per heavy atom. The molecule has 0 saturated carbocycles. The van der Waals surface area contributed by atoms with Gasteiger partial charge in [0.2, 0.25) is 5.91 Å². The topological polar surface area (TPSA) is 93.4 Å². The van der Waals surface area contributed by atoms with Crippen molar-refractivity contribution in [3.8, 4) is 0 Å². The van der Waals surface area contributed by atoms with Gasteiger partial charge < -0.3 is 5.73 Å². The Morgan fingerprint density at radius 2 is 1.83 bits per heavy atom. The number of primary amides is 1. The summed E-state index contributed by atoms with van der Waals surface area (Å²) in [6, 6.07) is 7.53. The van der Waals surface area contributed by atoms with Crippen LogP contribution in [0.2, 0.25) is 5.02 Å². The van der Waals surface area contributed by atoms with Crippen molar-refractivity contribution in [1.82, 2.24) is 4.98 Å². The van der Waals surface area contributed by atoms with Gasteiger partial charge in [0.25, 0.3) is 10.0 Å². The van der Waals surface area contributed by atoms with Gasteiger partial charge in [-0.25, -0.2) is 17.7 Å². The molecular weight excluding hydrogens is 463 g/mol. The Bertz CT molecular complexity index is 1170. The molecule has 12 heteroatoms. The molecule has 0 aliphatic heterocycles. The molecule has 30 heavy (non-hydrogen) atoms. The molecule has 0 spiro atoms. The molecule has 0 fully saturated rings. The van der Waals surface area contributed by atoms with Gasteiger partial charge in [-0.2, -0.15) is 13.2 Å². The van der Waals surface area contributed by atoms with Crippen LogP contribution in [0.4, 0.5) is 18.3 Å². The lowest BCUT2D eigenvalue weighted by molar-refractivity contribution is -0.137. The Balaban J connectivity index is 2.06. The van der Waals surface area contributed by atoms with Gasteiger partial charge in [-0.15, -0.1) is 11.3 Å². The lowest BCUT2D eigenvalue weighted by atomic mass is 10.1. The Morgan fingerprint density at radius 1 is 1.17 bits per heavy atom. The fourth-order valence-corrected chi connectivity index (χ4v) is 4.98. The number of amides is 1. The SMILES string of the molecule is NC(=O)c1ccc(S(=O)(=O)N(Cc2cc(C(F)(F)F)ccc2Cl)c2nccs2)cc1. The maximum Gasteiger partial charge on any atom is 0.416 e. The van der Waals surface area contributed by atoms with E-state index in [0.29, 0.717) is 0 Å². The molecule has 3 aromatic rings. The first-order valence-corrected chi connectivity index (χ1v) is 10.9. The van der Waals surface area contributed by atoms with E-state index in [0.717, 1.165) is 33.8 Å². The van der Waals surface area contributed by atoms with Gasteiger partial charge in [-0.3, -0.25) is 4.79 Å². The standard InChI is InChI=1S/C18H13ClF3N3O3S2/c19-15-6-3-13(18(20,21)22)9-12(15)10-25(17-24-7-8-29-17)30(27,28)14-4-1-11(2-5-14)16(23)26/h1-9H,10H2,(H2,23,26). The number of aromatic nitrogens is 1. The third-order valence-corrected chi connectivity index (χ3v) is 7.08. The molecule has 1 amide bonds. The summed E-state index contributed by atoms with van der Waals surface area (Å²) in [4.78, 5) is 15.0. The molecule has 0 saturated heterocycles. The summed E-state index contributed by atoms with van der Waals surface area (Å²) < 4.78 is 66.6. The number of hydrogen-bond donors (Lipinski definition) is 1. The highest BCUT2D eigenvalue weighted by molar-refractivity contribution is 7.93. The number of alkyl halides is 3. The minimum atomic E-state index is -4.62. The monoisotopic (exact) mass is 475 g/mol. The van der Waals surface area contributed by atoms with Crippen LogP contribution in [0.15, 0.2) is 58.9 Å². The van der Waals surface area contributed by atoms with Crippen molar-refractivity contribution in [1.29, 1.82) is 0 Å². The maximum absolute atomic E-state index is 13.2. The first-order valence-electron chi connectivity index (χ1n) is 8.18. The number of carbonyl (C=O) groups excluding carboxylic acids is 1. The van der Waals surface area contributed by atoms with Gasteiger partial charge in [0.05, 0.1) is 17.0 Å². The van der Waals surface area contributed by atoms with Gasteiger partial charge in [0, 0.05) is 22.2 Å². The van der Waals surface area contributed by atoms with E-state index in [1.54, 1.807) is 0 Å². The molecule has 1 heterocycles. The number of hydrogen-bond acceptors (Lipinski definition) is 5. The van der Waals surface area contributed by atoms with Crippen molar-refractivity contribution < 1.29 is 26.4 Å². The van der Waals surface area contributed by atoms with Crippen LogP contribution in [0.5, 0.6) is 0 Å². The van der Waals surface area contributed by atoms with E-state index in [4.69, 9.17) is 17.3 Å². The third-order valence-electron chi connectivity index (χ3n) is 4.05. The molecule has 1 aromatic heterocycles. The first kappa shape index (κ1) is 22.1. The maximum atomic E-state index is 13.2. The lowest BCUT2D eigenvalue weighted by Gasteiger charge is -2.23. The van der Waals surface area contributed by atoms with Crippen molar-refractivity contribution >= 4 is 44.0 Å². The van der Waals surface area contributed by atoms with Crippen molar-refractivity contribution in [2.75, 3.05) is 4.31 Å². The highest BCUT2D eigenvalue weighted by Crippen LogP contribution is 2.34. The molecule has 0 aliphatic rings. The van der Waals surface area contributed by atoms with Crippen molar-refractivity contribution in [3.63, 3.8) is 0 Å². The lowest BCUT2D eigenvalue weighted by Crippen LogP contribution is -2.31.